The zero-order valence-electron chi connectivity index (χ0n) is 20.7. The van der Waals surface area contributed by atoms with E-state index in [1.165, 1.54) is 0 Å². The van der Waals surface area contributed by atoms with Crippen molar-refractivity contribution in [1.82, 2.24) is 19.9 Å². The maximum atomic E-state index is 12.6. The molecule has 1 spiro atoms. The van der Waals surface area contributed by atoms with Crippen molar-refractivity contribution < 1.29 is 55.7 Å². The van der Waals surface area contributed by atoms with E-state index in [4.69, 9.17) is 24.5 Å². The Labute approximate surface area is 223 Å². The predicted octanol–water partition coefficient (Wildman–Crippen LogP) is 3.40. The second-order valence-electron chi connectivity index (χ2n) is 8.55. The number of likely N-dealkylation sites (tertiary alicyclic amines) is 1. The fraction of sp³-hybridized carbons (Fsp3) is 0.478. The lowest BCUT2D eigenvalue weighted by Gasteiger charge is -2.46. The van der Waals surface area contributed by atoms with Gasteiger partial charge in [-0.2, -0.15) is 26.3 Å². The molecule has 0 bridgehead atoms. The molecule has 2 aromatic rings. The molecule has 2 fully saturated rings. The number of pyridine rings is 1. The summed E-state index contributed by atoms with van der Waals surface area (Å²) in [6.07, 6.45) is -1.48. The van der Waals surface area contributed by atoms with Crippen molar-refractivity contribution in [3.63, 3.8) is 0 Å². The maximum Gasteiger partial charge on any atom is 0.490 e. The predicted molar refractivity (Wildman–Crippen MR) is 124 cm³/mol. The number of nitrogens with one attached hydrogen (secondary N) is 1. The van der Waals surface area contributed by atoms with Crippen LogP contribution in [0.4, 0.5) is 32.3 Å². The lowest BCUT2D eigenvalue weighted by molar-refractivity contribution is -0.193. The van der Waals surface area contributed by atoms with E-state index in [2.05, 4.69) is 20.3 Å². The second-order valence-corrected chi connectivity index (χ2v) is 8.55. The topological polar surface area (TPSA) is 155 Å². The Hall–Kier alpha value is -4.02. The molecule has 11 nitrogen and oxygen atoms in total. The third-order valence-corrected chi connectivity index (χ3v) is 5.72. The fourth-order valence-corrected chi connectivity index (χ4v) is 3.82. The highest BCUT2D eigenvalue weighted by atomic mass is 19.4. The number of alkyl halides is 6. The van der Waals surface area contributed by atoms with Gasteiger partial charge in [-0.05, 0) is 43.9 Å². The van der Waals surface area contributed by atoms with Crippen molar-refractivity contribution in [3.8, 4) is 0 Å². The first-order chi connectivity index (χ1) is 18.6. The molecule has 4 heterocycles. The Kier molecular flexibility index (Phi) is 11.2. The number of halogens is 6. The molecule has 2 saturated heterocycles. The number of anilines is 1. The van der Waals surface area contributed by atoms with Gasteiger partial charge in [-0.25, -0.2) is 19.6 Å². The summed E-state index contributed by atoms with van der Waals surface area (Å²) in [7, 11) is 0. The van der Waals surface area contributed by atoms with Crippen LogP contribution >= 0.6 is 0 Å². The van der Waals surface area contributed by atoms with Crippen molar-refractivity contribution in [2.75, 3.05) is 25.0 Å². The summed E-state index contributed by atoms with van der Waals surface area (Å²) in [6, 6.07) is 7.54. The molecule has 0 saturated carbocycles. The Morgan fingerprint density at radius 1 is 0.900 bits per heavy atom. The van der Waals surface area contributed by atoms with E-state index < -0.39 is 24.3 Å². The van der Waals surface area contributed by atoms with Crippen molar-refractivity contribution in [3.05, 3.63) is 48.5 Å². The molecule has 1 amide bonds. The van der Waals surface area contributed by atoms with Crippen LogP contribution in [0.2, 0.25) is 0 Å². The van der Waals surface area contributed by atoms with Gasteiger partial charge >= 0.3 is 24.3 Å². The summed E-state index contributed by atoms with van der Waals surface area (Å²) >= 11 is 0. The fourth-order valence-electron chi connectivity index (χ4n) is 3.82. The molecule has 1 atom stereocenters. The summed E-state index contributed by atoms with van der Waals surface area (Å²) in [4.78, 5) is 44.9. The third kappa shape index (κ3) is 10.3. The lowest BCUT2D eigenvalue weighted by atomic mass is 9.82. The zero-order chi connectivity index (χ0) is 30.0. The first kappa shape index (κ1) is 32.2. The van der Waals surface area contributed by atoms with Crippen LogP contribution in [0.1, 0.15) is 36.2 Å². The number of hydrogen-bond acceptors (Lipinski definition) is 8. The number of hydrogen-bond donors (Lipinski definition) is 3. The maximum absolute atomic E-state index is 12.6. The minimum absolute atomic E-state index is 0.00335. The Bertz CT molecular complexity index is 1090. The molecule has 4 rings (SSSR count). The highest BCUT2D eigenvalue weighted by Crippen LogP contribution is 2.36. The summed E-state index contributed by atoms with van der Waals surface area (Å²) in [6.45, 7) is 2.12. The number of rotatable bonds is 3. The Balaban J connectivity index is 0.000000333. The number of nitrogens with zero attached hydrogens (tertiary/aromatic N) is 4. The number of aliphatic carboxylic acids is 2. The van der Waals surface area contributed by atoms with Crippen LogP contribution in [-0.2, 0) is 14.3 Å². The summed E-state index contributed by atoms with van der Waals surface area (Å²) in [5, 5.41) is 17.7. The van der Waals surface area contributed by atoms with Gasteiger partial charge in [0.15, 0.2) is 0 Å². The number of aromatic nitrogens is 3. The molecule has 2 aliphatic heterocycles. The van der Waals surface area contributed by atoms with Gasteiger partial charge in [0, 0.05) is 44.3 Å². The average Bonchev–Trinajstić information content (AvgIpc) is 2.90. The van der Waals surface area contributed by atoms with E-state index >= 15 is 0 Å². The second kappa shape index (κ2) is 13.9. The lowest BCUT2D eigenvalue weighted by Crippen LogP contribution is -2.52. The molecular formula is C23H25F6N5O6. The molecule has 3 N–H and O–H groups in total. The van der Waals surface area contributed by atoms with E-state index in [0.29, 0.717) is 30.8 Å². The van der Waals surface area contributed by atoms with E-state index in [1.54, 1.807) is 24.7 Å². The van der Waals surface area contributed by atoms with Gasteiger partial charge in [0.2, 0.25) is 5.95 Å². The van der Waals surface area contributed by atoms with Gasteiger partial charge in [0.25, 0.3) is 5.91 Å². The zero-order valence-corrected chi connectivity index (χ0v) is 20.7. The quantitative estimate of drug-likeness (QED) is 0.460. The minimum Gasteiger partial charge on any atom is -0.475 e. The number of carbonyl (C=O) groups excluding carboxylic acids is 1. The van der Waals surface area contributed by atoms with Crippen LogP contribution in [-0.4, -0.2) is 91.6 Å². The van der Waals surface area contributed by atoms with Gasteiger partial charge in [0.05, 0.1) is 5.60 Å². The van der Waals surface area contributed by atoms with Gasteiger partial charge in [0.1, 0.15) is 5.69 Å². The molecule has 0 aliphatic carbocycles. The number of amides is 1. The van der Waals surface area contributed by atoms with Crippen molar-refractivity contribution >= 4 is 23.8 Å². The van der Waals surface area contributed by atoms with Crippen LogP contribution in [0, 0.1) is 0 Å². The molecule has 2 aliphatic rings. The highest BCUT2D eigenvalue weighted by molar-refractivity contribution is 5.92. The molecule has 40 heavy (non-hydrogen) atoms. The summed E-state index contributed by atoms with van der Waals surface area (Å²) < 4.78 is 69.6. The van der Waals surface area contributed by atoms with E-state index in [9.17, 15) is 31.1 Å². The van der Waals surface area contributed by atoms with Gasteiger partial charge < -0.3 is 25.2 Å². The smallest absolute Gasteiger partial charge is 0.475 e. The van der Waals surface area contributed by atoms with Gasteiger partial charge in [-0.1, -0.05) is 6.07 Å². The van der Waals surface area contributed by atoms with Crippen LogP contribution in [0.3, 0.4) is 0 Å². The summed E-state index contributed by atoms with van der Waals surface area (Å²) in [5.74, 6) is -4.85. The molecule has 17 heteroatoms. The third-order valence-electron chi connectivity index (χ3n) is 5.72. The molecule has 0 aromatic carbocycles. The van der Waals surface area contributed by atoms with Crippen LogP contribution in [0.15, 0.2) is 42.9 Å². The first-order valence-electron chi connectivity index (χ1n) is 11.6. The molecular weight excluding hydrogens is 556 g/mol. The monoisotopic (exact) mass is 581 g/mol. The largest absolute Gasteiger partial charge is 0.490 e. The Morgan fingerprint density at radius 3 is 1.90 bits per heavy atom. The highest BCUT2D eigenvalue weighted by Gasteiger charge is 2.42. The molecule has 220 valence electrons. The van der Waals surface area contributed by atoms with Crippen LogP contribution in [0.5, 0.6) is 0 Å². The number of carbonyl (C=O) groups is 3. The van der Waals surface area contributed by atoms with Crippen molar-refractivity contribution in [2.24, 2.45) is 0 Å². The number of ether oxygens (including phenoxy) is 1. The van der Waals surface area contributed by atoms with Crippen molar-refractivity contribution in [1.29, 1.82) is 0 Å². The Morgan fingerprint density at radius 2 is 1.43 bits per heavy atom. The first-order valence-corrected chi connectivity index (χ1v) is 11.6. The van der Waals surface area contributed by atoms with Crippen LogP contribution in [0.25, 0.3) is 0 Å². The molecule has 2 aromatic heterocycles. The normalized spacial score (nSPS) is 18.4. The van der Waals surface area contributed by atoms with Gasteiger partial charge in [-0.15, -0.1) is 0 Å². The number of carboxylic acids is 2. The van der Waals surface area contributed by atoms with E-state index in [-0.39, 0.29) is 11.5 Å². The van der Waals surface area contributed by atoms with E-state index in [0.717, 1.165) is 32.3 Å². The summed E-state index contributed by atoms with van der Waals surface area (Å²) in [5.41, 5.74) is 0.347. The minimum atomic E-state index is -5.08. The SMILES string of the molecule is O=C(O)C(F)(F)F.O=C(O)C(F)(F)F.O=C(c1ccccn1)N1CCC2(CC1)CC(Nc1ncccn1)CCO2. The number of piperidine rings is 1. The standard InChI is InChI=1S/C19H23N5O2.2C2HF3O2/c25-17(16-4-1-2-8-20-16)24-11-6-19(7-12-24)14-15(5-13-26-19)23-18-21-9-3-10-22-18;2*3-2(4,5)1(6)7/h1-4,8-10,15H,5-7,11-14H2,(H,21,22,23);2*(H,6,7). The molecule has 0 radical (unpaired) electrons. The van der Waals surface area contributed by atoms with Crippen LogP contribution < -0.4 is 5.32 Å². The number of carboxylic acid groups (broad SMARTS) is 2. The van der Waals surface area contributed by atoms with Crippen molar-refractivity contribution in [2.45, 2.75) is 49.7 Å². The van der Waals surface area contributed by atoms with Gasteiger partial charge in [-0.3, -0.25) is 9.78 Å². The average molecular weight is 581 g/mol. The molecule has 1 unspecified atom stereocenters. The van der Waals surface area contributed by atoms with E-state index in [1.807, 2.05) is 23.1 Å².